The lowest BCUT2D eigenvalue weighted by molar-refractivity contribution is -0.170. The minimum absolute atomic E-state index is 0.0145. The molecule has 0 saturated heterocycles. The maximum absolute atomic E-state index is 12.6. The highest BCUT2D eigenvalue weighted by Crippen LogP contribution is 2.36. The Bertz CT molecular complexity index is 409. The molecule has 1 unspecified atom stereocenters. The molecule has 88 valence electrons. The molecule has 1 aliphatic heterocycles. The normalized spacial score (nSPS) is 20.2. The Hall–Kier alpha value is -1.19. The molecule has 1 atom stereocenters. The van der Waals surface area contributed by atoms with Crippen LogP contribution in [-0.2, 0) is 6.42 Å². The van der Waals surface area contributed by atoms with E-state index >= 15 is 0 Å². The van der Waals surface area contributed by atoms with Crippen LogP contribution in [0.25, 0.3) is 0 Å². The summed E-state index contributed by atoms with van der Waals surface area (Å²) in [5.41, 5.74) is 3.68. The van der Waals surface area contributed by atoms with Gasteiger partial charge in [-0.1, -0.05) is 6.07 Å². The highest BCUT2D eigenvalue weighted by Gasteiger charge is 2.41. The molecule has 4 heteroatoms. The molecule has 1 aromatic rings. The first-order valence-electron chi connectivity index (χ1n) is 5.28. The topological polar surface area (TPSA) is 12.0 Å². The summed E-state index contributed by atoms with van der Waals surface area (Å²) >= 11 is 0. The molecule has 2 rings (SSSR count). The number of aryl methyl sites for hydroxylation is 2. The number of halogens is 3. The van der Waals surface area contributed by atoms with Gasteiger partial charge in [0, 0.05) is 12.2 Å². The van der Waals surface area contributed by atoms with Crippen molar-refractivity contribution in [2.45, 2.75) is 26.4 Å². The van der Waals surface area contributed by atoms with E-state index in [0.29, 0.717) is 0 Å². The Morgan fingerprint density at radius 2 is 1.94 bits per heavy atom. The third-order valence-corrected chi connectivity index (χ3v) is 3.07. The summed E-state index contributed by atoms with van der Waals surface area (Å²) in [6.07, 6.45) is -4.01. The second-order valence-electron chi connectivity index (χ2n) is 4.43. The molecular weight excluding hydrogens is 215 g/mol. The van der Waals surface area contributed by atoms with Gasteiger partial charge in [0.25, 0.3) is 0 Å². The molecule has 0 amide bonds. The van der Waals surface area contributed by atoms with Crippen LogP contribution in [0.2, 0.25) is 0 Å². The first-order valence-corrected chi connectivity index (χ1v) is 5.28. The van der Waals surface area contributed by atoms with Gasteiger partial charge in [-0.25, -0.2) is 0 Å². The first kappa shape index (κ1) is 11.3. The Balaban J connectivity index is 2.34. The lowest BCUT2D eigenvalue weighted by Gasteiger charge is -2.29. The van der Waals surface area contributed by atoms with Crippen LogP contribution >= 0.6 is 0 Å². The lowest BCUT2D eigenvalue weighted by atomic mass is 9.89. The number of nitrogens with one attached hydrogen (secondary N) is 1. The highest BCUT2D eigenvalue weighted by atomic mass is 19.4. The smallest absolute Gasteiger partial charge is 0.384 e. The molecule has 0 aromatic heterocycles. The van der Waals surface area contributed by atoms with Gasteiger partial charge in [-0.2, -0.15) is 13.2 Å². The van der Waals surface area contributed by atoms with Crippen LogP contribution in [0.3, 0.4) is 0 Å². The zero-order valence-electron chi connectivity index (χ0n) is 9.28. The Morgan fingerprint density at radius 3 is 2.56 bits per heavy atom. The number of rotatable bonds is 0. The molecule has 0 spiro atoms. The molecule has 1 N–H and O–H groups in total. The minimum Gasteiger partial charge on any atom is -0.384 e. The Kier molecular flexibility index (Phi) is 2.60. The van der Waals surface area contributed by atoms with E-state index in [2.05, 4.69) is 5.32 Å². The summed E-state index contributed by atoms with van der Waals surface area (Å²) in [5, 5.41) is 2.88. The van der Waals surface area contributed by atoms with E-state index in [1.54, 1.807) is 0 Å². The van der Waals surface area contributed by atoms with Crippen molar-refractivity contribution in [3.63, 3.8) is 0 Å². The van der Waals surface area contributed by atoms with Gasteiger partial charge in [-0.15, -0.1) is 0 Å². The van der Waals surface area contributed by atoms with E-state index < -0.39 is 12.1 Å². The number of hydrogen-bond acceptors (Lipinski definition) is 1. The predicted octanol–water partition coefficient (Wildman–Crippen LogP) is 3.45. The quantitative estimate of drug-likeness (QED) is 0.718. The predicted molar refractivity (Wildman–Crippen MR) is 57.7 cm³/mol. The van der Waals surface area contributed by atoms with Crippen molar-refractivity contribution in [3.8, 4) is 0 Å². The third-order valence-electron chi connectivity index (χ3n) is 3.07. The van der Waals surface area contributed by atoms with Crippen LogP contribution in [-0.4, -0.2) is 12.7 Å². The summed E-state index contributed by atoms with van der Waals surface area (Å²) in [6, 6.07) is 3.84. The molecule has 1 aliphatic rings. The van der Waals surface area contributed by atoms with Crippen LogP contribution in [0.5, 0.6) is 0 Å². The molecule has 0 saturated carbocycles. The fourth-order valence-corrected chi connectivity index (χ4v) is 2.21. The average Bonchev–Trinajstić information content (AvgIpc) is 2.15. The van der Waals surface area contributed by atoms with E-state index in [0.717, 1.165) is 22.4 Å². The van der Waals surface area contributed by atoms with Crippen molar-refractivity contribution < 1.29 is 13.2 Å². The van der Waals surface area contributed by atoms with Crippen molar-refractivity contribution in [1.82, 2.24) is 0 Å². The van der Waals surface area contributed by atoms with Crippen molar-refractivity contribution in [2.75, 3.05) is 11.9 Å². The second kappa shape index (κ2) is 3.68. The fraction of sp³-hybridized carbons (Fsp3) is 0.500. The van der Waals surface area contributed by atoms with Gasteiger partial charge in [0.1, 0.15) is 0 Å². The lowest BCUT2D eigenvalue weighted by Crippen LogP contribution is -2.35. The van der Waals surface area contributed by atoms with Crippen LogP contribution < -0.4 is 5.32 Å². The van der Waals surface area contributed by atoms with Crippen LogP contribution in [0, 0.1) is 19.8 Å². The second-order valence-corrected chi connectivity index (χ2v) is 4.43. The van der Waals surface area contributed by atoms with Crippen molar-refractivity contribution in [1.29, 1.82) is 0 Å². The van der Waals surface area contributed by atoms with Gasteiger partial charge in [0.15, 0.2) is 0 Å². The van der Waals surface area contributed by atoms with E-state index in [-0.39, 0.29) is 13.0 Å². The standard InChI is InChI=1S/C12H14F3N/c1-7-3-8(2)10-5-9(12(13,14)15)6-16-11(10)4-7/h3-4,9,16H,5-6H2,1-2H3. The van der Waals surface area contributed by atoms with Gasteiger partial charge in [0.2, 0.25) is 0 Å². The molecule has 1 aromatic carbocycles. The SMILES string of the molecule is Cc1cc(C)c2c(c1)NCC(C(F)(F)F)C2. The maximum Gasteiger partial charge on any atom is 0.393 e. The largest absolute Gasteiger partial charge is 0.393 e. The molecule has 0 radical (unpaired) electrons. The van der Waals surface area contributed by atoms with E-state index in [1.807, 2.05) is 26.0 Å². The monoisotopic (exact) mass is 229 g/mol. The Labute approximate surface area is 92.7 Å². The summed E-state index contributed by atoms with van der Waals surface area (Å²) < 4.78 is 37.8. The van der Waals surface area contributed by atoms with Gasteiger partial charge in [-0.05, 0) is 43.0 Å². The van der Waals surface area contributed by atoms with E-state index in [1.165, 1.54) is 0 Å². The van der Waals surface area contributed by atoms with Gasteiger partial charge < -0.3 is 5.32 Å². The number of alkyl halides is 3. The maximum atomic E-state index is 12.6. The summed E-state index contributed by atoms with van der Waals surface area (Å²) in [6.45, 7) is 3.80. The summed E-state index contributed by atoms with van der Waals surface area (Å²) in [5.74, 6) is -1.26. The number of benzene rings is 1. The summed E-state index contributed by atoms with van der Waals surface area (Å²) in [4.78, 5) is 0. The van der Waals surface area contributed by atoms with Crippen molar-refractivity contribution >= 4 is 5.69 Å². The number of hydrogen-bond donors (Lipinski definition) is 1. The van der Waals surface area contributed by atoms with Crippen molar-refractivity contribution in [2.24, 2.45) is 5.92 Å². The van der Waals surface area contributed by atoms with E-state index in [9.17, 15) is 13.2 Å². The van der Waals surface area contributed by atoms with Gasteiger partial charge in [-0.3, -0.25) is 0 Å². The average molecular weight is 229 g/mol. The minimum atomic E-state index is -4.11. The Morgan fingerprint density at radius 1 is 1.25 bits per heavy atom. The molecule has 16 heavy (non-hydrogen) atoms. The van der Waals surface area contributed by atoms with Crippen LogP contribution in [0.4, 0.5) is 18.9 Å². The molecule has 0 aliphatic carbocycles. The number of anilines is 1. The molecule has 1 heterocycles. The third kappa shape index (κ3) is 2.01. The zero-order chi connectivity index (χ0) is 11.9. The molecule has 0 bridgehead atoms. The zero-order valence-corrected chi connectivity index (χ0v) is 9.28. The fourth-order valence-electron chi connectivity index (χ4n) is 2.21. The van der Waals surface area contributed by atoms with Gasteiger partial charge >= 0.3 is 6.18 Å². The first-order chi connectivity index (χ1) is 7.38. The molecular formula is C12H14F3N. The van der Waals surface area contributed by atoms with Crippen LogP contribution in [0.15, 0.2) is 12.1 Å². The van der Waals surface area contributed by atoms with E-state index in [4.69, 9.17) is 0 Å². The number of fused-ring (bicyclic) bond motifs is 1. The van der Waals surface area contributed by atoms with Crippen molar-refractivity contribution in [3.05, 3.63) is 28.8 Å². The van der Waals surface area contributed by atoms with Gasteiger partial charge in [0.05, 0.1) is 5.92 Å². The van der Waals surface area contributed by atoms with Crippen LogP contribution in [0.1, 0.15) is 16.7 Å². The molecule has 0 fully saturated rings. The highest BCUT2D eigenvalue weighted by molar-refractivity contribution is 5.58. The summed E-state index contributed by atoms with van der Waals surface area (Å²) in [7, 11) is 0. The molecule has 1 nitrogen and oxygen atoms in total.